The number of aliphatic carboxylic acids is 1. The van der Waals surface area contributed by atoms with E-state index in [4.69, 9.17) is 9.84 Å². The molecule has 1 aromatic rings. The number of likely N-dealkylation sites (N-methyl/N-ethyl adjacent to an activating group) is 1. The van der Waals surface area contributed by atoms with Crippen LogP contribution in [0.25, 0.3) is 0 Å². The molecule has 0 heterocycles. The summed E-state index contributed by atoms with van der Waals surface area (Å²) in [5.41, 5.74) is 1.51. The van der Waals surface area contributed by atoms with Gasteiger partial charge in [0.1, 0.15) is 18.7 Å². The number of ether oxygens (including phenoxy) is 1. The van der Waals surface area contributed by atoms with Gasteiger partial charge in [-0.05, 0) is 56.5 Å². The van der Waals surface area contributed by atoms with Gasteiger partial charge in [0.05, 0.1) is 6.04 Å². The van der Waals surface area contributed by atoms with Crippen LogP contribution in [0.15, 0.2) is 36.7 Å². The zero-order valence-electron chi connectivity index (χ0n) is 26.1. The van der Waals surface area contributed by atoms with Gasteiger partial charge in [-0.25, -0.2) is 0 Å². The zero-order chi connectivity index (χ0) is 31.7. The highest BCUT2D eigenvalue weighted by atomic mass is 16.5. The lowest BCUT2D eigenvalue weighted by atomic mass is 10.0. The molecule has 1 unspecified atom stereocenters. The number of hydrogen-bond acceptors (Lipinski definition) is 7. The van der Waals surface area contributed by atoms with Crippen LogP contribution < -0.4 is 21.3 Å². The van der Waals surface area contributed by atoms with E-state index >= 15 is 0 Å². The van der Waals surface area contributed by atoms with Crippen LogP contribution in [-0.2, 0) is 30.5 Å². The number of carbonyl (C=O) groups is 4. The molecular formula is C31H51N5O6. The molecule has 1 aromatic carbocycles. The van der Waals surface area contributed by atoms with E-state index in [1.807, 2.05) is 31.0 Å². The summed E-state index contributed by atoms with van der Waals surface area (Å²) in [5, 5.41) is 20.2. The van der Waals surface area contributed by atoms with Crippen molar-refractivity contribution in [2.24, 2.45) is 5.92 Å². The molecule has 0 aromatic heterocycles. The van der Waals surface area contributed by atoms with Crippen molar-refractivity contribution < 1.29 is 29.0 Å². The average Bonchev–Trinajstić information content (AvgIpc) is 2.95. The molecule has 42 heavy (non-hydrogen) atoms. The standard InChI is InChI=1S/C31H51N5O6/c1-8-10-12-26(34-31(41)28(21(3)4)35-29(39)25(32-6)17-18-27(37)38)30(40)33-24-15-13-23(14-16-24)20-42-22(5)36(7)19-11-9-2/h13-16,21,25-26,28,32H,5,8-12,17-20H2,1-4,6-7H3,(H,33,40)(H,34,41)(H,35,39)(H,37,38)/t25-,26-,28?/m0/s1. The number of carboxylic acids is 1. The van der Waals surface area contributed by atoms with E-state index < -0.39 is 35.9 Å². The summed E-state index contributed by atoms with van der Waals surface area (Å²) in [7, 11) is 3.51. The number of amides is 3. The van der Waals surface area contributed by atoms with Gasteiger partial charge < -0.3 is 36.0 Å². The Bertz CT molecular complexity index is 1010. The van der Waals surface area contributed by atoms with Crippen LogP contribution in [0.3, 0.4) is 0 Å². The topological polar surface area (TPSA) is 149 Å². The first-order valence-corrected chi connectivity index (χ1v) is 14.9. The molecule has 11 nitrogen and oxygen atoms in total. The van der Waals surface area contributed by atoms with Gasteiger partial charge in [0.25, 0.3) is 0 Å². The van der Waals surface area contributed by atoms with Crippen molar-refractivity contribution in [2.75, 3.05) is 26.0 Å². The van der Waals surface area contributed by atoms with E-state index in [9.17, 15) is 19.2 Å². The Morgan fingerprint density at radius 1 is 0.929 bits per heavy atom. The van der Waals surface area contributed by atoms with E-state index in [1.54, 1.807) is 33.0 Å². The molecule has 0 aliphatic rings. The predicted molar refractivity (Wildman–Crippen MR) is 164 cm³/mol. The molecule has 0 saturated heterocycles. The number of nitrogens with zero attached hydrogens (tertiary/aromatic N) is 1. The van der Waals surface area contributed by atoms with Crippen LogP contribution in [0.1, 0.15) is 78.2 Å². The van der Waals surface area contributed by atoms with Crippen molar-refractivity contribution in [3.8, 4) is 0 Å². The highest BCUT2D eigenvalue weighted by Crippen LogP contribution is 2.15. The van der Waals surface area contributed by atoms with Gasteiger partial charge in [0, 0.05) is 25.7 Å². The first-order valence-electron chi connectivity index (χ1n) is 14.9. The first-order chi connectivity index (χ1) is 19.9. The lowest BCUT2D eigenvalue weighted by molar-refractivity contribution is -0.137. The maximum absolute atomic E-state index is 13.3. The molecule has 0 spiro atoms. The third kappa shape index (κ3) is 13.4. The van der Waals surface area contributed by atoms with Crippen LogP contribution in [-0.4, -0.2) is 72.5 Å². The number of carboxylic acid groups (broad SMARTS) is 1. The molecule has 3 atom stereocenters. The maximum Gasteiger partial charge on any atom is 0.303 e. The van der Waals surface area contributed by atoms with Gasteiger partial charge in [-0.1, -0.05) is 59.1 Å². The second kappa shape index (κ2) is 19.5. The van der Waals surface area contributed by atoms with Crippen LogP contribution in [0, 0.1) is 5.92 Å². The molecule has 0 radical (unpaired) electrons. The molecule has 0 fully saturated rings. The normalized spacial score (nSPS) is 13.0. The fraction of sp³-hybridized carbons (Fsp3) is 0.613. The SMILES string of the molecule is C=C(OCc1ccc(NC(=O)[C@H](CCCC)NC(=O)C(NC(=O)[C@H](CCC(=O)O)NC)C(C)C)cc1)N(C)CCCC. The molecule has 1 rings (SSSR count). The zero-order valence-corrected chi connectivity index (χ0v) is 26.1. The molecule has 0 bridgehead atoms. The smallest absolute Gasteiger partial charge is 0.303 e. The van der Waals surface area contributed by atoms with Gasteiger partial charge in [0.15, 0.2) is 5.88 Å². The Labute approximate surface area is 250 Å². The Kier molecular flexibility index (Phi) is 16.9. The minimum Gasteiger partial charge on any atom is -0.481 e. The van der Waals surface area contributed by atoms with Crippen molar-refractivity contribution >= 4 is 29.4 Å². The number of anilines is 1. The number of hydrogen-bond donors (Lipinski definition) is 5. The molecule has 0 saturated carbocycles. The third-order valence-corrected chi connectivity index (χ3v) is 6.94. The van der Waals surface area contributed by atoms with Crippen molar-refractivity contribution in [1.82, 2.24) is 20.9 Å². The number of nitrogens with one attached hydrogen (secondary N) is 4. The lowest BCUT2D eigenvalue weighted by Gasteiger charge is -2.27. The predicted octanol–water partition coefficient (Wildman–Crippen LogP) is 3.61. The first kappa shape index (κ1) is 36.4. The maximum atomic E-state index is 13.3. The van der Waals surface area contributed by atoms with Gasteiger partial charge in [-0.2, -0.15) is 0 Å². The Balaban J connectivity index is 2.84. The summed E-state index contributed by atoms with van der Waals surface area (Å²) in [6, 6.07) is 4.83. The number of rotatable bonds is 21. The van der Waals surface area contributed by atoms with E-state index in [1.165, 1.54) is 0 Å². The third-order valence-electron chi connectivity index (χ3n) is 6.94. The summed E-state index contributed by atoms with van der Waals surface area (Å²) >= 11 is 0. The summed E-state index contributed by atoms with van der Waals surface area (Å²) in [5.74, 6) is -1.96. The van der Waals surface area contributed by atoms with E-state index in [0.29, 0.717) is 24.6 Å². The molecule has 5 N–H and O–H groups in total. The van der Waals surface area contributed by atoms with Crippen molar-refractivity contribution in [1.29, 1.82) is 0 Å². The largest absolute Gasteiger partial charge is 0.481 e. The van der Waals surface area contributed by atoms with Gasteiger partial charge in [-0.3, -0.25) is 19.2 Å². The second-order valence-electron chi connectivity index (χ2n) is 10.9. The van der Waals surface area contributed by atoms with Crippen molar-refractivity contribution in [2.45, 2.75) is 97.4 Å². The summed E-state index contributed by atoms with van der Waals surface area (Å²) in [6.45, 7) is 12.9. The minimum atomic E-state index is -1.01. The van der Waals surface area contributed by atoms with E-state index in [0.717, 1.165) is 37.8 Å². The van der Waals surface area contributed by atoms with Gasteiger partial charge in [-0.15, -0.1) is 0 Å². The summed E-state index contributed by atoms with van der Waals surface area (Å²) in [6.07, 6.45) is 4.05. The molecule has 236 valence electrons. The fourth-order valence-corrected chi connectivity index (χ4v) is 4.11. The summed E-state index contributed by atoms with van der Waals surface area (Å²) in [4.78, 5) is 52.2. The number of carbonyl (C=O) groups excluding carboxylic acids is 3. The van der Waals surface area contributed by atoms with Crippen molar-refractivity contribution in [3.05, 3.63) is 42.3 Å². The molecule has 0 aliphatic heterocycles. The van der Waals surface area contributed by atoms with Crippen LogP contribution >= 0.6 is 0 Å². The van der Waals surface area contributed by atoms with E-state index in [2.05, 4.69) is 34.8 Å². The Morgan fingerprint density at radius 3 is 2.12 bits per heavy atom. The van der Waals surface area contributed by atoms with Crippen LogP contribution in [0.5, 0.6) is 0 Å². The Hall–Kier alpha value is -3.60. The lowest BCUT2D eigenvalue weighted by Crippen LogP contribution is -2.57. The highest BCUT2D eigenvalue weighted by molar-refractivity contribution is 5.98. The molecule has 3 amide bonds. The molecule has 11 heteroatoms. The highest BCUT2D eigenvalue weighted by Gasteiger charge is 2.30. The van der Waals surface area contributed by atoms with Gasteiger partial charge in [0.2, 0.25) is 17.7 Å². The van der Waals surface area contributed by atoms with Crippen LogP contribution in [0.2, 0.25) is 0 Å². The second-order valence-corrected chi connectivity index (χ2v) is 10.9. The quantitative estimate of drug-likeness (QED) is 0.137. The minimum absolute atomic E-state index is 0.0846. The molecule has 0 aliphatic carbocycles. The monoisotopic (exact) mass is 589 g/mol. The number of benzene rings is 1. The average molecular weight is 590 g/mol. The number of unbranched alkanes of at least 4 members (excludes halogenated alkanes) is 2. The van der Waals surface area contributed by atoms with Gasteiger partial charge >= 0.3 is 5.97 Å². The van der Waals surface area contributed by atoms with Crippen molar-refractivity contribution in [3.63, 3.8) is 0 Å². The van der Waals surface area contributed by atoms with Crippen LogP contribution in [0.4, 0.5) is 5.69 Å². The Morgan fingerprint density at radius 2 is 1.57 bits per heavy atom. The van der Waals surface area contributed by atoms with E-state index in [-0.39, 0.29) is 24.7 Å². The summed E-state index contributed by atoms with van der Waals surface area (Å²) < 4.78 is 5.79. The molecular weight excluding hydrogens is 538 g/mol. The fourth-order valence-electron chi connectivity index (χ4n) is 4.11.